The molecular formula is C19H20FN3O6S. The molecule has 1 heterocycles. The van der Waals surface area contributed by atoms with Crippen LogP contribution in [0.25, 0.3) is 0 Å². The molecule has 0 saturated carbocycles. The van der Waals surface area contributed by atoms with Crippen LogP contribution in [0.3, 0.4) is 0 Å². The van der Waals surface area contributed by atoms with Crippen LogP contribution in [0, 0.1) is 15.9 Å². The summed E-state index contributed by atoms with van der Waals surface area (Å²) >= 11 is 0. The topological polar surface area (TPSA) is 110 Å². The number of benzene rings is 2. The number of piperazine rings is 1. The number of carbonyl (C=O) groups excluding carboxylic acids is 1. The van der Waals surface area contributed by atoms with Crippen LogP contribution in [0.1, 0.15) is 6.92 Å². The number of nitrogens with zero attached hydrogens (tertiary/aromatic N) is 3. The van der Waals surface area contributed by atoms with Gasteiger partial charge in [-0.2, -0.15) is 4.31 Å². The van der Waals surface area contributed by atoms with Gasteiger partial charge in [0.15, 0.2) is 17.7 Å². The van der Waals surface area contributed by atoms with Gasteiger partial charge < -0.3 is 9.64 Å². The van der Waals surface area contributed by atoms with E-state index in [1.54, 1.807) is 6.07 Å². The lowest BCUT2D eigenvalue weighted by atomic mass is 10.2. The van der Waals surface area contributed by atoms with Gasteiger partial charge in [-0.3, -0.25) is 14.9 Å². The molecule has 30 heavy (non-hydrogen) atoms. The lowest BCUT2D eigenvalue weighted by molar-refractivity contribution is -0.385. The Labute approximate surface area is 172 Å². The molecule has 1 aliphatic heterocycles. The van der Waals surface area contributed by atoms with Crippen LogP contribution in [0.4, 0.5) is 10.1 Å². The van der Waals surface area contributed by atoms with Crippen molar-refractivity contribution < 1.29 is 27.3 Å². The number of sulfonamides is 1. The molecule has 160 valence electrons. The van der Waals surface area contributed by atoms with E-state index in [0.717, 1.165) is 6.07 Å². The van der Waals surface area contributed by atoms with Crippen molar-refractivity contribution in [2.24, 2.45) is 0 Å². The zero-order chi connectivity index (χ0) is 21.9. The molecule has 0 aliphatic carbocycles. The van der Waals surface area contributed by atoms with E-state index in [-0.39, 0.29) is 48.4 Å². The van der Waals surface area contributed by atoms with E-state index in [1.807, 2.05) is 0 Å². The fourth-order valence-electron chi connectivity index (χ4n) is 3.09. The van der Waals surface area contributed by atoms with Crippen molar-refractivity contribution in [3.8, 4) is 5.75 Å². The van der Waals surface area contributed by atoms with Gasteiger partial charge in [0.1, 0.15) is 0 Å². The number of nitro groups is 1. The van der Waals surface area contributed by atoms with E-state index >= 15 is 0 Å². The van der Waals surface area contributed by atoms with Gasteiger partial charge in [0.05, 0.1) is 9.82 Å². The molecule has 2 aromatic carbocycles. The molecule has 1 aliphatic rings. The molecule has 9 nitrogen and oxygen atoms in total. The predicted molar refractivity (Wildman–Crippen MR) is 105 cm³/mol. The second kappa shape index (κ2) is 8.76. The van der Waals surface area contributed by atoms with Crippen LogP contribution in [0.15, 0.2) is 53.4 Å². The number of ether oxygens (including phenoxy) is 1. The number of non-ortho nitro benzene ring substituents is 1. The summed E-state index contributed by atoms with van der Waals surface area (Å²) in [6, 6.07) is 10.6. The van der Waals surface area contributed by atoms with Gasteiger partial charge >= 0.3 is 0 Å². The maximum Gasteiger partial charge on any atom is 0.270 e. The highest BCUT2D eigenvalue weighted by atomic mass is 32.2. The molecule has 1 saturated heterocycles. The fraction of sp³-hybridized carbons (Fsp3) is 0.316. The lowest BCUT2D eigenvalue weighted by Gasteiger charge is -2.35. The molecule has 0 radical (unpaired) electrons. The van der Waals surface area contributed by atoms with Gasteiger partial charge in [0.2, 0.25) is 10.0 Å². The average molecular weight is 437 g/mol. The number of rotatable bonds is 6. The van der Waals surface area contributed by atoms with Gasteiger partial charge in [0.25, 0.3) is 11.6 Å². The molecule has 0 spiro atoms. The quantitative estimate of drug-likeness (QED) is 0.505. The molecule has 1 unspecified atom stereocenters. The largest absolute Gasteiger partial charge is 0.478 e. The first-order valence-corrected chi connectivity index (χ1v) is 10.6. The summed E-state index contributed by atoms with van der Waals surface area (Å²) in [5.41, 5.74) is -0.316. The SMILES string of the molecule is CC(Oc1ccccc1F)C(=O)N1CCN(S(=O)(=O)c2cccc([N+](=O)[O-])c2)CC1. The Morgan fingerprint density at radius 3 is 2.43 bits per heavy atom. The van der Waals surface area contributed by atoms with Crippen molar-refractivity contribution in [2.45, 2.75) is 17.9 Å². The minimum atomic E-state index is -3.93. The zero-order valence-corrected chi connectivity index (χ0v) is 16.9. The first-order chi connectivity index (χ1) is 14.2. The Kier molecular flexibility index (Phi) is 6.32. The third-order valence-electron chi connectivity index (χ3n) is 4.70. The van der Waals surface area contributed by atoms with Crippen molar-refractivity contribution in [1.82, 2.24) is 9.21 Å². The molecule has 2 aromatic rings. The highest BCUT2D eigenvalue weighted by Crippen LogP contribution is 2.23. The molecule has 3 rings (SSSR count). The van der Waals surface area contributed by atoms with Gasteiger partial charge in [-0.1, -0.05) is 18.2 Å². The highest BCUT2D eigenvalue weighted by Gasteiger charge is 2.32. The minimum absolute atomic E-state index is 0.0309. The van der Waals surface area contributed by atoms with E-state index in [0.29, 0.717) is 0 Å². The summed E-state index contributed by atoms with van der Waals surface area (Å²) in [6.07, 6.45) is -0.943. The van der Waals surface area contributed by atoms with Crippen molar-refractivity contribution in [2.75, 3.05) is 26.2 Å². The number of hydrogen-bond acceptors (Lipinski definition) is 6. The molecule has 11 heteroatoms. The molecular weight excluding hydrogens is 417 g/mol. The van der Waals surface area contributed by atoms with E-state index in [2.05, 4.69) is 0 Å². The molecule has 0 aromatic heterocycles. The second-order valence-electron chi connectivity index (χ2n) is 6.67. The summed E-state index contributed by atoms with van der Waals surface area (Å²) in [4.78, 5) is 24.1. The standard InChI is InChI=1S/C19H20FN3O6S/c1-14(29-18-8-3-2-7-17(18)20)19(24)21-9-11-22(12-10-21)30(27,28)16-6-4-5-15(13-16)23(25)26/h2-8,13-14H,9-12H2,1H3. The lowest BCUT2D eigenvalue weighted by Crippen LogP contribution is -2.53. The van der Waals surface area contributed by atoms with Gasteiger partial charge in [0, 0.05) is 38.3 Å². The van der Waals surface area contributed by atoms with Crippen LogP contribution in [0.2, 0.25) is 0 Å². The van der Waals surface area contributed by atoms with Crippen molar-refractivity contribution in [3.63, 3.8) is 0 Å². The Bertz CT molecular complexity index is 1050. The fourth-order valence-corrected chi connectivity index (χ4v) is 4.56. The molecule has 0 bridgehead atoms. The number of halogens is 1. The van der Waals surface area contributed by atoms with E-state index in [4.69, 9.17) is 4.74 Å². The van der Waals surface area contributed by atoms with Crippen molar-refractivity contribution in [3.05, 3.63) is 64.5 Å². The smallest absolute Gasteiger partial charge is 0.270 e. The van der Waals surface area contributed by atoms with E-state index in [1.165, 1.54) is 52.5 Å². The third kappa shape index (κ3) is 4.57. The molecule has 1 fully saturated rings. The van der Waals surface area contributed by atoms with Gasteiger partial charge in [-0.25, -0.2) is 12.8 Å². The Hall–Kier alpha value is -3.05. The Morgan fingerprint density at radius 2 is 1.80 bits per heavy atom. The maximum absolute atomic E-state index is 13.7. The Balaban J connectivity index is 1.64. The van der Waals surface area contributed by atoms with Crippen LogP contribution in [-0.2, 0) is 14.8 Å². The zero-order valence-electron chi connectivity index (χ0n) is 16.1. The summed E-state index contributed by atoms with van der Waals surface area (Å²) in [5, 5.41) is 10.9. The normalized spacial score (nSPS) is 16.1. The summed E-state index contributed by atoms with van der Waals surface area (Å²) in [5.74, 6) is -0.999. The number of carbonyl (C=O) groups is 1. The van der Waals surface area contributed by atoms with Crippen LogP contribution < -0.4 is 4.74 Å². The number of amides is 1. The summed E-state index contributed by atoms with van der Waals surface area (Å²) in [7, 11) is -3.93. The number of hydrogen-bond donors (Lipinski definition) is 0. The third-order valence-corrected chi connectivity index (χ3v) is 6.60. The van der Waals surface area contributed by atoms with Crippen LogP contribution in [0.5, 0.6) is 5.75 Å². The number of nitro benzene ring substituents is 1. The average Bonchev–Trinajstić information content (AvgIpc) is 2.75. The summed E-state index contributed by atoms with van der Waals surface area (Å²) in [6.45, 7) is 1.81. The van der Waals surface area contributed by atoms with Gasteiger partial charge in [-0.15, -0.1) is 0 Å². The monoisotopic (exact) mass is 437 g/mol. The van der Waals surface area contributed by atoms with Crippen molar-refractivity contribution in [1.29, 1.82) is 0 Å². The molecule has 0 N–H and O–H groups in total. The predicted octanol–water partition coefficient (Wildman–Crippen LogP) is 2.03. The molecule has 1 atom stereocenters. The Morgan fingerprint density at radius 1 is 1.13 bits per heavy atom. The van der Waals surface area contributed by atoms with Crippen LogP contribution in [-0.4, -0.2) is 60.7 Å². The maximum atomic E-state index is 13.7. The highest BCUT2D eigenvalue weighted by molar-refractivity contribution is 7.89. The van der Waals surface area contributed by atoms with Crippen molar-refractivity contribution >= 4 is 21.6 Å². The van der Waals surface area contributed by atoms with Gasteiger partial charge in [-0.05, 0) is 25.1 Å². The summed E-state index contributed by atoms with van der Waals surface area (Å²) < 4.78 is 45.9. The second-order valence-corrected chi connectivity index (χ2v) is 8.61. The van der Waals surface area contributed by atoms with E-state index < -0.39 is 26.9 Å². The first-order valence-electron chi connectivity index (χ1n) is 9.14. The minimum Gasteiger partial charge on any atom is -0.478 e. The number of para-hydroxylation sites is 1. The van der Waals surface area contributed by atoms with Crippen LogP contribution >= 0.6 is 0 Å². The first kappa shape index (κ1) is 21.7. The molecule has 1 amide bonds. The van der Waals surface area contributed by atoms with E-state index in [9.17, 15) is 27.7 Å².